The fourth-order valence-electron chi connectivity index (χ4n) is 2.54. The first-order valence-electron chi connectivity index (χ1n) is 7.79. The first-order valence-corrected chi connectivity index (χ1v) is 8.67. The van der Waals surface area contributed by atoms with E-state index in [1.54, 1.807) is 42.5 Å². The number of carbonyl (C=O) groups is 2. The van der Waals surface area contributed by atoms with Gasteiger partial charge in [-0.05, 0) is 42.1 Å². The number of nitrogens with zero attached hydrogens (tertiary/aromatic N) is 2. The van der Waals surface area contributed by atoms with Gasteiger partial charge < -0.3 is 20.9 Å². The number of halogens is 2. The predicted molar refractivity (Wildman–Crippen MR) is 99.9 cm³/mol. The molecular formula is C17H15F2N5O2S. The van der Waals surface area contributed by atoms with Gasteiger partial charge in [0, 0.05) is 11.4 Å². The summed E-state index contributed by atoms with van der Waals surface area (Å²) in [7, 11) is 0. The van der Waals surface area contributed by atoms with Crippen LogP contribution < -0.4 is 16.4 Å². The van der Waals surface area contributed by atoms with Crippen molar-refractivity contribution in [1.29, 1.82) is 0 Å². The van der Waals surface area contributed by atoms with Crippen LogP contribution in [0.3, 0.4) is 0 Å². The van der Waals surface area contributed by atoms with Crippen molar-refractivity contribution in [3.8, 4) is 0 Å². The third kappa shape index (κ3) is 4.73. The lowest BCUT2D eigenvalue weighted by Crippen LogP contribution is -2.21. The average molecular weight is 391 g/mol. The van der Waals surface area contributed by atoms with E-state index in [4.69, 9.17) is 5.73 Å². The highest BCUT2D eigenvalue weighted by Crippen LogP contribution is 2.28. The minimum Gasteiger partial charge on any atom is -0.351 e. The molecule has 27 heavy (non-hydrogen) atoms. The Morgan fingerprint density at radius 1 is 1.11 bits per heavy atom. The van der Waals surface area contributed by atoms with Crippen molar-refractivity contribution in [2.24, 2.45) is 5.73 Å². The summed E-state index contributed by atoms with van der Waals surface area (Å²) in [6.45, 7) is -0.191. The molecule has 1 heterocycles. The number of benzene rings is 2. The Balaban J connectivity index is 1.80. The maximum Gasteiger partial charge on any atom is 0.316 e. The molecule has 0 bridgehead atoms. The number of thioether (sulfide) groups is 1. The van der Waals surface area contributed by atoms with E-state index in [1.807, 2.05) is 0 Å². The topological polar surface area (TPSA) is 102 Å². The van der Waals surface area contributed by atoms with E-state index in [1.165, 1.54) is 10.6 Å². The second-order valence-corrected chi connectivity index (χ2v) is 6.42. The molecule has 3 aromatic rings. The standard InChI is InChI=1S/C17H15F2N5O2S/c18-15(19)27-17-23-12-6-1-2-7-13(12)24(17)9-14(25)21-10-4-3-5-11(8-10)22-16(20)26/h1-8,15H,9H2,(H,21,25)(H3,20,22,26). The SMILES string of the molecule is NC(=O)Nc1cccc(NC(=O)Cn2c(SC(F)F)nc3ccccc32)c1. The Bertz CT molecular complexity index is 992. The van der Waals surface area contributed by atoms with Crippen molar-refractivity contribution >= 4 is 46.1 Å². The number of fused-ring (bicyclic) bond motifs is 1. The molecule has 0 aliphatic carbocycles. The first-order chi connectivity index (χ1) is 12.9. The summed E-state index contributed by atoms with van der Waals surface area (Å²) in [5.74, 6) is -3.08. The molecule has 10 heteroatoms. The Kier molecular flexibility index (Phi) is 5.55. The summed E-state index contributed by atoms with van der Waals surface area (Å²) in [5, 5.41) is 5.13. The van der Waals surface area contributed by atoms with E-state index in [9.17, 15) is 18.4 Å². The fourth-order valence-corrected chi connectivity index (χ4v) is 3.14. The van der Waals surface area contributed by atoms with Gasteiger partial charge in [-0.15, -0.1) is 0 Å². The highest BCUT2D eigenvalue weighted by atomic mass is 32.2. The number of alkyl halides is 2. The lowest BCUT2D eigenvalue weighted by Gasteiger charge is -2.10. The number of urea groups is 1. The minimum atomic E-state index is -2.65. The summed E-state index contributed by atoms with van der Waals surface area (Å²) in [5.41, 5.74) is 7.02. The van der Waals surface area contributed by atoms with Crippen LogP contribution in [0.25, 0.3) is 11.0 Å². The van der Waals surface area contributed by atoms with Crippen LogP contribution >= 0.6 is 11.8 Å². The van der Waals surface area contributed by atoms with Gasteiger partial charge in [0.25, 0.3) is 5.76 Å². The zero-order valence-electron chi connectivity index (χ0n) is 13.9. The van der Waals surface area contributed by atoms with Crippen LogP contribution in [0.1, 0.15) is 0 Å². The van der Waals surface area contributed by atoms with Crippen LogP contribution in [0.2, 0.25) is 0 Å². The molecule has 140 valence electrons. The van der Waals surface area contributed by atoms with Gasteiger partial charge in [0.15, 0.2) is 5.16 Å². The third-order valence-corrected chi connectivity index (χ3v) is 4.23. The van der Waals surface area contributed by atoms with Gasteiger partial charge in [-0.1, -0.05) is 18.2 Å². The Labute approximate surface area is 156 Å². The van der Waals surface area contributed by atoms with Gasteiger partial charge in [-0.3, -0.25) is 4.79 Å². The summed E-state index contributed by atoms with van der Waals surface area (Å²) in [4.78, 5) is 27.5. The van der Waals surface area contributed by atoms with Gasteiger partial charge in [-0.2, -0.15) is 8.78 Å². The van der Waals surface area contributed by atoms with E-state index in [2.05, 4.69) is 15.6 Å². The number of carbonyl (C=O) groups excluding carboxylic acids is 2. The number of anilines is 2. The molecule has 0 spiro atoms. The number of aromatic nitrogens is 2. The molecule has 0 fully saturated rings. The van der Waals surface area contributed by atoms with Gasteiger partial charge in [0.05, 0.1) is 11.0 Å². The van der Waals surface area contributed by atoms with Crippen molar-refractivity contribution in [2.45, 2.75) is 17.5 Å². The molecular weight excluding hydrogens is 376 g/mol. The van der Waals surface area contributed by atoms with Crippen LogP contribution in [-0.2, 0) is 11.3 Å². The van der Waals surface area contributed by atoms with E-state index in [-0.39, 0.29) is 23.5 Å². The van der Waals surface area contributed by atoms with Crippen molar-refractivity contribution in [3.05, 3.63) is 48.5 Å². The number of rotatable bonds is 6. The van der Waals surface area contributed by atoms with Crippen LogP contribution in [0, 0.1) is 0 Å². The van der Waals surface area contributed by atoms with Crippen molar-refractivity contribution < 1.29 is 18.4 Å². The van der Waals surface area contributed by atoms with Crippen LogP contribution in [0.15, 0.2) is 53.7 Å². The second-order valence-electron chi connectivity index (χ2n) is 5.47. The lowest BCUT2D eigenvalue weighted by molar-refractivity contribution is -0.116. The molecule has 3 amide bonds. The maximum atomic E-state index is 12.8. The van der Waals surface area contributed by atoms with Crippen molar-refractivity contribution in [3.63, 3.8) is 0 Å². The molecule has 2 aromatic carbocycles. The van der Waals surface area contributed by atoms with Crippen LogP contribution in [-0.4, -0.2) is 27.2 Å². The molecule has 3 rings (SSSR count). The van der Waals surface area contributed by atoms with Gasteiger partial charge in [0.1, 0.15) is 6.54 Å². The molecule has 1 aromatic heterocycles. The number of hydrogen-bond donors (Lipinski definition) is 3. The largest absolute Gasteiger partial charge is 0.351 e. The Hall–Kier alpha value is -3.14. The van der Waals surface area contributed by atoms with E-state index in [0.717, 1.165) is 0 Å². The number of imidazole rings is 1. The molecule has 0 saturated heterocycles. The van der Waals surface area contributed by atoms with Crippen LogP contribution in [0.4, 0.5) is 25.0 Å². The molecule has 4 N–H and O–H groups in total. The molecule has 0 atom stereocenters. The lowest BCUT2D eigenvalue weighted by atomic mass is 10.2. The van der Waals surface area contributed by atoms with Gasteiger partial charge in [-0.25, -0.2) is 9.78 Å². The Morgan fingerprint density at radius 2 is 1.81 bits per heavy atom. The number of nitrogens with two attached hydrogens (primary N) is 1. The van der Waals surface area contributed by atoms with Crippen molar-refractivity contribution in [2.75, 3.05) is 10.6 Å². The first kappa shape index (κ1) is 18.6. The highest BCUT2D eigenvalue weighted by Gasteiger charge is 2.17. The fraction of sp³-hybridized carbons (Fsp3) is 0.118. The number of nitrogens with one attached hydrogen (secondary N) is 2. The minimum absolute atomic E-state index is 0.0606. The maximum absolute atomic E-state index is 12.8. The summed E-state index contributed by atoms with van der Waals surface area (Å²) in [6.07, 6.45) is 0. The van der Waals surface area contributed by atoms with Crippen molar-refractivity contribution in [1.82, 2.24) is 9.55 Å². The molecule has 0 unspecified atom stereocenters. The van der Waals surface area contributed by atoms with Gasteiger partial charge >= 0.3 is 6.03 Å². The van der Waals surface area contributed by atoms with Crippen LogP contribution in [0.5, 0.6) is 0 Å². The molecule has 0 radical (unpaired) electrons. The Morgan fingerprint density at radius 3 is 2.52 bits per heavy atom. The number of hydrogen-bond acceptors (Lipinski definition) is 4. The molecule has 0 aliphatic rings. The van der Waals surface area contributed by atoms with E-state index >= 15 is 0 Å². The number of amides is 3. The number of primary amides is 1. The second kappa shape index (κ2) is 8.04. The quantitative estimate of drug-likeness (QED) is 0.560. The zero-order chi connectivity index (χ0) is 19.4. The summed E-state index contributed by atoms with van der Waals surface area (Å²) in [6, 6.07) is 12.6. The summed E-state index contributed by atoms with van der Waals surface area (Å²) < 4.78 is 27.1. The smallest absolute Gasteiger partial charge is 0.316 e. The summed E-state index contributed by atoms with van der Waals surface area (Å²) >= 11 is 0.285. The van der Waals surface area contributed by atoms with Gasteiger partial charge in [0.2, 0.25) is 5.91 Å². The normalized spacial score (nSPS) is 10.9. The average Bonchev–Trinajstić information content (AvgIpc) is 2.91. The van der Waals surface area contributed by atoms with E-state index in [0.29, 0.717) is 22.4 Å². The molecule has 0 aliphatic heterocycles. The number of para-hydroxylation sites is 2. The highest BCUT2D eigenvalue weighted by molar-refractivity contribution is 7.99. The molecule has 0 saturated carbocycles. The van der Waals surface area contributed by atoms with E-state index < -0.39 is 17.7 Å². The third-order valence-electron chi connectivity index (χ3n) is 3.53. The molecule has 7 nitrogen and oxygen atoms in total. The predicted octanol–water partition coefficient (Wildman–Crippen LogP) is 3.48. The zero-order valence-corrected chi connectivity index (χ0v) is 14.7. The monoisotopic (exact) mass is 391 g/mol.